The SMILES string of the molecule is Cl.O=C(O)c1c(Cl)cc(Cl)cc1Cl. The lowest BCUT2D eigenvalue weighted by atomic mass is 10.2. The van der Waals surface area contributed by atoms with E-state index in [1.807, 2.05) is 0 Å². The van der Waals surface area contributed by atoms with E-state index in [0.717, 1.165) is 0 Å². The van der Waals surface area contributed by atoms with E-state index in [2.05, 4.69) is 0 Å². The van der Waals surface area contributed by atoms with Crippen LogP contribution < -0.4 is 0 Å². The quantitative estimate of drug-likeness (QED) is 0.836. The van der Waals surface area contributed by atoms with Crippen LogP contribution in [0.15, 0.2) is 12.1 Å². The van der Waals surface area contributed by atoms with Gasteiger partial charge in [0.15, 0.2) is 0 Å². The van der Waals surface area contributed by atoms with Gasteiger partial charge in [0.1, 0.15) is 0 Å². The molecule has 1 aromatic carbocycles. The summed E-state index contributed by atoms with van der Waals surface area (Å²) in [5, 5.41) is 9.02. The Morgan fingerprint density at radius 1 is 1.15 bits per heavy atom. The first kappa shape index (κ1) is 12.8. The molecule has 72 valence electrons. The first-order valence-electron chi connectivity index (χ1n) is 2.90. The molecule has 1 rings (SSSR count). The van der Waals surface area contributed by atoms with Crippen LogP contribution >= 0.6 is 47.2 Å². The third-order valence-corrected chi connectivity index (χ3v) is 2.04. The predicted molar refractivity (Wildman–Crippen MR) is 55.7 cm³/mol. The number of rotatable bonds is 1. The molecule has 0 aliphatic rings. The third kappa shape index (κ3) is 2.92. The molecule has 1 N–H and O–H groups in total. The van der Waals surface area contributed by atoms with Crippen molar-refractivity contribution in [1.82, 2.24) is 0 Å². The smallest absolute Gasteiger partial charge is 0.338 e. The Hall–Kier alpha value is -0.150. The molecular weight excluding hydrogens is 258 g/mol. The fraction of sp³-hybridized carbons (Fsp3) is 0. The Morgan fingerprint density at radius 3 is 1.85 bits per heavy atom. The standard InChI is InChI=1S/C7H3Cl3O2.ClH/c8-3-1-4(9)6(7(11)12)5(10)2-3;/h1-2H,(H,11,12);1H. The molecule has 0 fully saturated rings. The van der Waals surface area contributed by atoms with E-state index in [9.17, 15) is 4.79 Å². The van der Waals surface area contributed by atoms with Gasteiger partial charge in [-0.3, -0.25) is 0 Å². The van der Waals surface area contributed by atoms with Gasteiger partial charge in [0, 0.05) is 5.02 Å². The zero-order valence-corrected chi connectivity index (χ0v) is 9.14. The summed E-state index contributed by atoms with van der Waals surface area (Å²) in [5.41, 5.74) is -0.122. The minimum atomic E-state index is -1.17. The summed E-state index contributed by atoms with van der Waals surface area (Å²) < 4.78 is 0. The molecule has 0 spiro atoms. The second-order valence-electron chi connectivity index (χ2n) is 2.05. The lowest BCUT2D eigenvalue weighted by Crippen LogP contribution is -1.98. The van der Waals surface area contributed by atoms with E-state index >= 15 is 0 Å². The molecule has 0 heterocycles. The van der Waals surface area contributed by atoms with Crippen LogP contribution in [-0.2, 0) is 0 Å². The van der Waals surface area contributed by atoms with Gasteiger partial charge in [-0.2, -0.15) is 0 Å². The summed E-state index contributed by atoms with van der Waals surface area (Å²) in [6.07, 6.45) is 0. The fourth-order valence-corrected chi connectivity index (χ4v) is 1.73. The van der Waals surface area contributed by atoms with Crippen LogP contribution in [0.25, 0.3) is 0 Å². The van der Waals surface area contributed by atoms with Crippen molar-refractivity contribution in [3.8, 4) is 0 Å². The van der Waals surface area contributed by atoms with Crippen molar-refractivity contribution in [3.05, 3.63) is 32.8 Å². The van der Waals surface area contributed by atoms with Crippen LogP contribution in [0.5, 0.6) is 0 Å². The Kier molecular flexibility index (Phi) is 4.86. The minimum absolute atomic E-state index is 0. The second-order valence-corrected chi connectivity index (χ2v) is 3.30. The van der Waals surface area contributed by atoms with Crippen molar-refractivity contribution >= 4 is 53.2 Å². The Morgan fingerprint density at radius 2 is 1.54 bits per heavy atom. The molecule has 2 nitrogen and oxygen atoms in total. The number of hydrogen-bond acceptors (Lipinski definition) is 1. The van der Waals surface area contributed by atoms with E-state index in [4.69, 9.17) is 39.9 Å². The lowest BCUT2D eigenvalue weighted by molar-refractivity contribution is 0.0697. The van der Waals surface area contributed by atoms with Crippen molar-refractivity contribution in [3.63, 3.8) is 0 Å². The number of benzene rings is 1. The maximum Gasteiger partial charge on any atom is 0.338 e. The van der Waals surface area contributed by atoms with E-state index in [0.29, 0.717) is 5.02 Å². The van der Waals surface area contributed by atoms with Gasteiger partial charge in [0.25, 0.3) is 0 Å². The third-order valence-electron chi connectivity index (χ3n) is 1.22. The van der Waals surface area contributed by atoms with E-state index < -0.39 is 5.97 Å². The molecule has 0 radical (unpaired) electrons. The van der Waals surface area contributed by atoms with E-state index in [1.54, 1.807) is 0 Å². The maximum absolute atomic E-state index is 10.5. The van der Waals surface area contributed by atoms with Crippen LogP contribution in [0.1, 0.15) is 10.4 Å². The van der Waals surface area contributed by atoms with Crippen LogP contribution in [0.2, 0.25) is 15.1 Å². The summed E-state index contributed by atoms with van der Waals surface area (Å²) in [6.45, 7) is 0. The average molecular weight is 262 g/mol. The summed E-state index contributed by atoms with van der Waals surface area (Å²) in [6, 6.07) is 2.66. The molecule has 13 heavy (non-hydrogen) atoms. The summed E-state index contributed by atoms with van der Waals surface area (Å²) in [4.78, 5) is 10.5. The highest BCUT2D eigenvalue weighted by Gasteiger charge is 2.13. The molecule has 0 atom stereocenters. The highest BCUT2D eigenvalue weighted by Crippen LogP contribution is 2.28. The first-order chi connectivity index (χ1) is 5.52. The van der Waals surface area contributed by atoms with Gasteiger partial charge in [-0.05, 0) is 12.1 Å². The van der Waals surface area contributed by atoms with Gasteiger partial charge in [-0.25, -0.2) is 4.79 Å². The molecule has 1 aromatic rings. The number of carboxylic acid groups (broad SMARTS) is 1. The van der Waals surface area contributed by atoms with Crippen LogP contribution in [0.4, 0.5) is 0 Å². The molecule has 6 heteroatoms. The van der Waals surface area contributed by atoms with Gasteiger partial charge < -0.3 is 5.11 Å². The summed E-state index contributed by atoms with van der Waals surface area (Å²) in [7, 11) is 0. The summed E-state index contributed by atoms with van der Waals surface area (Å²) in [5.74, 6) is -1.17. The maximum atomic E-state index is 10.5. The molecular formula is C7H4Cl4O2. The number of halogens is 4. The Bertz CT molecular complexity index is 314. The van der Waals surface area contributed by atoms with E-state index in [1.165, 1.54) is 12.1 Å². The second kappa shape index (κ2) is 4.91. The van der Waals surface area contributed by atoms with Gasteiger partial charge in [0.05, 0.1) is 15.6 Å². The summed E-state index contributed by atoms with van der Waals surface area (Å²) >= 11 is 16.7. The number of aromatic carboxylic acids is 1. The number of carboxylic acids is 1. The van der Waals surface area contributed by atoms with Crippen LogP contribution in [0, 0.1) is 0 Å². The topological polar surface area (TPSA) is 37.3 Å². The Labute approximate surface area is 95.8 Å². The Balaban J connectivity index is 0.00000144. The highest BCUT2D eigenvalue weighted by molar-refractivity contribution is 6.41. The minimum Gasteiger partial charge on any atom is -0.478 e. The van der Waals surface area contributed by atoms with Crippen molar-refractivity contribution in [2.75, 3.05) is 0 Å². The zero-order chi connectivity index (χ0) is 9.30. The zero-order valence-electron chi connectivity index (χ0n) is 6.05. The number of carbonyl (C=O) groups is 1. The van der Waals surface area contributed by atoms with Gasteiger partial charge in [-0.1, -0.05) is 34.8 Å². The van der Waals surface area contributed by atoms with Crippen molar-refractivity contribution in [2.24, 2.45) is 0 Å². The normalized spacial score (nSPS) is 9.15. The first-order valence-corrected chi connectivity index (χ1v) is 4.03. The monoisotopic (exact) mass is 260 g/mol. The fourth-order valence-electron chi connectivity index (χ4n) is 0.747. The molecule has 0 aromatic heterocycles. The molecule has 0 saturated carbocycles. The van der Waals surface area contributed by atoms with Crippen LogP contribution in [0.3, 0.4) is 0 Å². The molecule has 0 aliphatic heterocycles. The molecule has 0 amide bonds. The largest absolute Gasteiger partial charge is 0.478 e. The van der Waals surface area contributed by atoms with Crippen molar-refractivity contribution < 1.29 is 9.90 Å². The molecule has 0 unspecified atom stereocenters. The van der Waals surface area contributed by atoms with Crippen LogP contribution in [-0.4, -0.2) is 11.1 Å². The van der Waals surface area contributed by atoms with E-state index in [-0.39, 0.29) is 28.0 Å². The molecule has 0 bridgehead atoms. The van der Waals surface area contributed by atoms with Crippen molar-refractivity contribution in [1.29, 1.82) is 0 Å². The predicted octanol–water partition coefficient (Wildman–Crippen LogP) is 3.77. The van der Waals surface area contributed by atoms with Crippen molar-refractivity contribution in [2.45, 2.75) is 0 Å². The molecule has 0 saturated heterocycles. The van der Waals surface area contributed by atoms with Gasteiger partial charge in [-0.15, -0.1) is 12.4 Å². The highest BCUT2D eigenvalue weighted by atomic mass is 35.5. The number of hydrogen-bond donors (Lipinski definition) is 1. The van der Waals surface area contributed by atoms with Gasteiger partial charge in [0.2, 0.25) is 0 Å². The van der Waals surface area contributed by atoms with Gasteiger partial charge >= 0.3 is 5.97 Å². The lowest BCUT2D eigenvalue weighted by Gasteiger charge is -2.01. The average Bonchev–Trinajstić information content (AvgIpc) is 1.82. The molecule has 0 aliphatic carbocycles.